The molecule has 0 unspecified atom stereocenters. The van der Waals surface area contributed by atoms with Gasteiger partial charge in [-0.3, -0.25) is 4.79 Å². The third-order valence-corrected chi connectivity index (χ3v) is 3.66. The Hall–Kier alpha value is -1.35. The van der Waals surface area contributed by atoms with E-state index in [1.165, 1.54) is 0 Å². The van der Waals surface area contributed by atoms with Crippen molar-refractivity contribution in [2.45, 2.75) is 24.3 Å². The Kier molecular flexibility index (Phi) is 4.19. The quantitative estimate of drug-likeness (QED) is 0.677. The number of aliphatic carboxylic acids is 1. The average Bonchev–Trinajstić information content (AvgIpc) is 2.34. The van der Waals surface area contributed by atoms with Gasteiger partial charge in [0.2, 0.25) is 0 Å². The number of thioether (sulfide) groups is 1. The monoisotopic (exact) mass is 307 g/mol. The van der Waals surface area contributed by atoms with Gasteiger partial charge < -0.3 is 10.0 Å². The molecule has 0 fully saturated rings. The van der Waals surface area contributed by atoms with Crippen LogP contribution < -0.4 is 0 Å². The Morgan fingerprint density at radius 1 is 1.45 bits per heavy atom. The molecule has 0 saturated carbocycles. The zero-order valence-corrected chi connectivity index (χ0v) is 11.4. The van der Waals surface area contributed by atoms with E-state index in [4.69, 9.17) is 5.11 Å². The molecule has 0 bridgehead atoms. The van der Waals surface area contributed by atoms with Gasteiger partial charge in [-0.2, -0.15) is 13.2 Å². The highest BCUT2D eigenvalue weighted by molar-refractivity contribution is 7.99. The molecule has 2 rings (SSSR count). The molecule has 0 atom stereocenters. The van der Waals surface area contributed by atoms with Crippen LogP contribution in [0.5, 0.6) is 0 Å². The number of rotatable bonds is 3. The lowest BCUT2D eigenvalue weighted by Gasteiger charge is -2.26. The molecule has 9 heteroatoms. The third kappa shape index (κ3) is 3.40. The second-order valence-corrected chi connectivity index (χ2v) is 5.39. The van der Waals surface area contributed by atoms with Crippen LogP contribution in [0.3, 0.4) is 0 Å². The van der Waals surface area contributed by atoms with E-state index in [0.717, 1.165) is 0 Å². The number of nitrogens with zero attached hydrogens (tertiary/aromatic N) is 3. The Morgan fingerprint density at radius 3 is 2.75 bits per heavy atom. The number of fused-ring (bicyclic) bond motifs is 1. The largest absolute Gasteiger partial charge is 0.481 e. The van der Waals surface area contributed by atoms with Gasteiger partial charge >= 0.3 is 12.1 Å². The first-order chi connectivity index (χ1) is 9.27. The minimum absolute atomic E-state index is 0.0888. The number of carboxylic acid groups (broad SMARTS) is 1. The first kappa shape index (κ1) is 15.0. The van der Waals surface area contributed by atoms with E-state index >= 15 is 0 Å². The highest BCUT2D eigenvalue weighted by atomic mass is 32.2. The van der Waals surface area contributed by atoms with Gasteiger partial charge in [0.25, 0.3) is 0 Å². The van der Waals surface area contributed by atoms with Gasteiger partial charge in [-0.15, -0.1) is 0 Å². The van der Waals surface area contributed by atoms with Crippen LogP contribution in [-0.4, -0.2) is 45.3 Å². The molecule has 1 aliphatic rings. The van der Waals surface area contributed by atoms with Crippen molar-refractivity contribution in [3.8, 4) is 0 Å². The van der Waals surface area contributed by atoms with Crippen LogP contribution in [0.2, 0.25) is 0 Å². The summed E-state index contributed by atoms with van der Waals surface area (Å²) >= 11 is 0.697. The molecule has 1 aromatic rings. The Morgan fingerprint density at radius 2 is 2.15 bits per heavy atom. The number of likely N-dealkylation sites (N-methyl/N-ethyl adjacent to an activating group) is 1. The molecule has 1 aromatic heterocycles. The maximum absolute atomic E-state index is 13.0. The Bertz CT molecular complexity index is 536. The molecule has 1 N–H and O–H groups in total. The topological polar surface area (TPSA) is 66.3 Å². The maximum Gasteiger partial charge on any atom is 0.433 e. The minimum atomic E-state index is -4.57. The Balaban J connectivity index is 2.41. The summed E-state index contributed by atoms with van der Waals surface area (Å²) in [5.41, 5.74) is -0.508. The standard InChI is InChI=1S/C11H12F3N3O2S/c1-17-3-2-7-6(4-17)9(11(12,13)14)16-10(15-7)20-5-8(18)19/h2-5H2,1H3,(H,18,19). The van der Waals surface area contributed by atoms with Crippen molar-refractivity contribution in [2.24, 2.45) is 0 Å². The zero-order chi connectivity index (χ0) is 14.9. The average molecular weight is 307 g/mol. The highest BCUT2D eigenvalue weighted by Crippen LogP contribution is 2.34. The first-order valence-electron chi connectivity index (χ1n) is 5.77. The molecule has 0 saturated heterocycles. The van der Waals surface area contributed by atoms with Crippen LogP contribution in [0.25, 0.3) is 0 Å². The molecule has 2 heterocycles. The fourth-order valence-electron chi connectivity index (χ4n) is 1.95. The summed E-state index contributed by atoms with van der Waals surface area (Å²) < 4.78 is 39.1. The molecule has 5 nitrogen and oxygen atoms in total. The molecule has 0 radical (unpaired) electrons. The zero-order valence-electron chi connectivity index (χ0n) is 10.6. The van der Waals surface area contributed by atoms with E-state index in [1.807, 2.05) is 0 Å². The predicted octanol–water partition coefficient (Wildman–Crippen LogP) is 1.66. The van der Waals surface area contributed by atoms with Crippen LogP contribution in [0.4, 0.5) is 13.2 Å². The van der Waals surface area contributed by atoms with Gasteiger partial charge in [0.1, 0.15) is 0 Å². The van der Waals surface area contributed by atoms with Gasteiger partial charge in [0, 0.05) is 25.1 Å². The van der Waals surface area contributed by atoms with Crippen molar-refractivity contribution < 1.29 is 23.1 Å². The molecule has 0 amide bonds. The van der Waals surface area contributed by atoms with Crippen LogP contribution in [0, 0.1) is 0 Å². The van der Waals surface area contributed by atoms with Crippen LogP contribution in [-0.2, 0) is 23.9 Å². The summed E-state index contributed by atoms with van der Waals surface area (Å²) in [5, 5.41) is 8.44. The van der Waals surface area contributed by atoms with Gasteiger partial charge in [-0.1, -0.05) is 11.8 Å². The van der Waals surface area contributed by atoms with Crippen LogP contribution >= 0.6 is 11.8 Å². The normalized spacial score (nSPS) is 16.0. The second-order valence-electron chi connectivity index (χ2n) is 4.45. The number of carbonyl (C=O) groups is 1. The summed E-state index contributed by atoms with van der Waals surface area (Å²) in [4.78, 5) is 19.8. The van der Waals surface area contributed by atoms with Crippen molar-refractivity contribution in [1.29, 1.82) is 0 Å². The lowest BCUT2D eigenvalue weighted by Crippen LogP contribution is -2.30. The predicted molar refractivity (Wildman–Crippen MR) is 65.4 cm³/mol. The molecule has 20 heavy (non-hydrogen) atoms. The van der Waals surface area contributed by atoms with E-state index in [2.05, 4.69) is 9.97 Å². The van der Waals surface area contributed by atoms with Gasteiger partial charge in [0.05, 0.1) is 11.4 Å². The Labute approximate surface area is 117 Å². The molecule has 1 aliphatic heterocycles. The van der Waals surface area contributed by atoms with E-state index in [0.29, 0.717) is 30.4 Å². The third-order valence-electron chi connectivity index (χ3n) is 2.82. The molecule has 0 spiro atoms. The van der Waals surface area contributed by atoms with Crippen molar-refractivity contribution in [2.75, 3.05) is 19.3 Å². The van der Waals surface area contributed by atoms with Gasteiger partial charge in [-0.05, 0) is 7.05 Å². The fraction of sp³-hybridized carbons (Fsp3) is 0.545. The number of halogens is 3. The van der Waals surface area contributed by atoms with Crippen LogP contribution in [0.1, 0.15) is 17.0 Å². The number of hydrogen-bond acceptors (Lipinski definition) is 5. The minimum Gasteiger partial charge on any atom is -0.481 e. The van der Waals surface area contributed by atoms with E-state index in [9.17, 15) is 18.0 Å². The summed E-state index contributed by atoms with van der Waals surface area (Å²) in [7, 11) is 1.73. The van der Waals surface area contributed by atoms with Crippen molar-refractivity contribution in [3.63, 3.8) is 0 Å². The number of hydrogen-bond donors (Lipinski definition) is 1. The summed E-state index contributed by atoms with van der Waals surface area (Å²) in [6.45, 7) is 0.762. The van der Waals surface area contributed by atoms with Crippen molar-refractivity contribution in [3.05, 3.63) is 17.0 Å². The smallest absolute Gasteiger partial charge is 0.433 e. The SMILES string of the molecule is CN1CCc2nc(SCC(=O)O)nc(C(F)(F)F)c2C1. The number of carboxylic acids is 1. The van der Waals surface area contributed by atoms with Gasteiger partial charge in [0.15, 0.2) is 10.9 Å². The lowest BCUT2D eigenvalue weighted by atomic mass is 10.0. The van der Waals surface area contributed by atoms with E-state index in [-0.39, 0.29) is 23.0 Å². The number of alkyl halides is 3. The summed E-state index contributed by atoms with van der Waals surface area (Å²) in [6, 6.07) is 0. The highest BCUT2D eigenvalue weighted by Gasteiger charge is 2.38. The fourth-order valence-corrected chi connectivity index (χ4v) is 2.53. The second kappa shape index (κ2) is 5.57. The van der Waals surface area contributed by atoms with Crippen molar-refractivity contribution in [1.82, 2.24) is 14.9 Å². The molecular formula is C11H12F3N3O2S. The van der Waals surface area contributed by atoms with Crippen molar-refractivity contribution >= 4 is 17.7 Å². The summed E-state index contributed by atoms with van der Waals surface area (Å²) in [5.74, 6) is -1.49. The van der Waals surface area contributed by atoms with E-state index < -0.39 is 17.8 Å². The van der Waals surface area contributed by atoms with E-state index in [1.54, 1.807) is 11.9 Å². The number of aromatic nitrogens is 2. The molecule has 110 valence electrons. The van der Waals surface area contributed by atoms with Gasteiger partial charge in [-0.25, -0.2) is 9.97 Å². The lowest BCUT2D eigenvalue weighted by molar-refractivity contribution is -0.142. The first-order valence-corrected chi connectivity index (χ1v) is 6.76. The molecular weight excluding hydrogens is 295 g/mol. The maximum atomic E-state index is 13.0. The molecule has 0 aromatic carbocycles. The van der Waals surface area contributed by atoms with Crippen LogP contribution in [0.15, 0.2) is 5.16 Å². The molecule has 0 aliphatic carbocycles. The summed E-state index contributed by atoms with van der Waals surface area (Å²) in [6.07, 6.45) is -4.16.